The van der Waals surface area contributed by atoms with Gasteiger partial charge >= 0.3 is 0 Å². The number of pyridine rings is 1. The Balaban J connectivity index is 1.71. The van der Waals surface area contributed by atoms with Crippen molar-refractivity contribution in [2.75, 3.05) is 11.1 Å². The van der Waals surface area contributed by atoms with Gasteiger partial charge in [0.2, 0.25) is 5.95 Å². The van der Waals surface area contributed by atoms with Crippen LogP contribution in [0.4, 0.5) is 11.6 Å². The number of hydrogen-bond acceptors (Lipinski definition) is 5. The minimum absolute atomic E-state index is 0.0655. The summed E-state index contributed by atoms with van der Waals surface area (Å²) in [7, 11) is 0. The van der Waals surface area contributed by atoms with E-state index >= 15 is 0 Å². The molecule has 0 bridgehead atoms. The van der Waals surface area contributed by atoms with E-state index < -0.39 is 0 Å². The molecule has 2 aliphatic carbocycles. The van der Waals surface area contributed by atoms with E-state index in [1.165, 1.54) is 38.2 Å². The van der Waals surface area contributed by atoms with Gasteiger partial charge in [-0.3, -0.25) is 9.36 Å². The molecule has 23 heavy (non-hydrogen) atoms. The Morgan fingerprint density at radius 3 is 2.74 bits per heavy atom. The molecule has 2 saturated carbocycles. The summed E-state index contributed by atoms with van der Waals surface area (Å²) in [5, 5.41) is 4.19. The molecule has 0 radical (unpaired) electrons. The van der Waals surface area contributed by atoms with Crippen LogP contribution in [0.15, 0.2) is 17.1 Å². The van der Waals surface area contributed by atoms with Gasteiger partial charge in [-0.15, -0.1) is 0 Å². The molecule has 6 nitrogen and oxygen atoms in total. The average Bonchev–Trinajstić information content (AvgIpc) is 3.36. The minimum atomic E-state index is -0.0655. The third-order valence-electron chi connectivity index (χ3n) is 4.96. The highest BCUT2D eigenvalue weighted by atomic mass is 16.1. The van der Waals surface area contributed by atoms with Gasteiger partial charge in [-0.2, -0.15) is 4.98 Å². The molecule has 2 heterocycles. The van der Waals surface area contributed by atoms with Crippen molar-refractivity contribution in [1.82, 2.24) is 14.5 Å². The van der Waals surface area contributed by atoms with Crippen LogP contribution in [0.3, 0.4) is 0 Å². The second-order valence-electron chi connectivity index (χ2n) is 6.90. The lowest BCUT2D eigenvalue weighted by atomic mass is 9.96. The third-order valence-corrected chi connectivity index (χ3v) is 4.96. The normalized spacial score (nSPS) is 19.1. The van der Waals surface area contributed by atoms with Crippen LogP contribution in [0.1, 0.15) is 44.9 Å². The number of nitrogens with two attached hydrogens (primary N) is 1. The van der Waals surface area contributed by atoms with E-state index in [4.69, 9.17) is 5.73 Å². The largest absolute Gasteiger partial charge is 0.398 e. The summed E-state index contributed by atoms with van der Waals surface area (Å²) in [6.45, 7) is 0.732. The highest BCUT2D eigenvalue weighted by Crippen LogP contribution is 2.31. The first-order valence-electron chi connectivity index (χ1n) is 8.63. The number of nitrogen functional groups attached to an aromatic ring is 1. The lowest BCUT2D eigenvalue weighted by molar-refractivity contribution is 0.461. The minimum Gasteiger partial charge on any atom is -0.398 e. The first-order valence-corrected chi connectivity index (χ1v) is 8.63. The zero-order valence-corrected chi connectivity index (χ0v) is 13.3. The number of anilines is 2. The van der Waals surface area contributed by atoms with E-state index in [1.807, 2.05) is 0 Å². The summed E-state index contributed by atoms with van der Waals surface area (Å²) in [4.78, 5) is 21.4. The monoisotopic (exact) mass is 313 g/mol. The molecular weight excluding hydrogens is 290 g/mol. The molecule has 2 aromatic heterocycles. The van der Waals surface area contributed by atoms with Crippen molar-refractivity contribution in [2.24, 2.45) is 5.92 Å². The molecule has 0 aromatic carbocycles. The molecule has 0 atom stereocenters. The van der Waals surface area contributed by atoms with Crippen LogP contribution in [0, 0.1) is 5.92 Å². The van der Waals surface area contributed by atoms with E-state index in [0.29, 0.717) is 29.2 Å². The summed E-state index contributed by atoms with van der Waals surface area (Å²) in [6.07, 6.45) is 10.3. The maximum absolute atomic E-state index is 12.3. The molecule has 0 unspecified atom stereocenters. The fourth-order valence-electron chi connectivity index (χ4n) is 3.41. The molecule has 3 N–H and O–H groups in total. The van der Waals surface area contributed by atoms with Crippen molar-refractivity contribution in [3.05, 3.63) is 22.6 Å². The van der Waals surface area contributed by atoms with Crippen molar-refractivity contribution >= 4 is 22.7 Å². The van der Waals surface area contributed by atoms with Crippen LogP contribution < -0.4 is 16.6 Å². The Morgan fingerprint density at radius 2 is 2.00 bits per heavy atom. The van der Waals surface area contributed by atoms with Gasteiger partial charge in [-0.25, -0.2) is 4.98 Å². The predicted molar refractivity (Wildman–Crippen MR) is 91.4 cm³/mol. The molecular formula is C17H23N5O. The average molecular weight is 313 g/mol. The molecule has 0 spiro atoms. The predicted octanol–water partition coefficient (Wildman–Crippen LogP) is 2.53. The Labute approximate surface area is 135 Å². The van der Waals surface area contributed by atoms with Crippen LogP contribution in [-0.4, -0.2) is 20.6 Å². The van der Waals surface area contributed by atoms with Crippen LogP contribution >= 0.6 is 0 Å². The summed E-state index contributed by atoms with van der Waals surface area (Å²) < 4.78 is 1.76. The summed E-state index contributed by atoms with van der Waals surface area (Å²) >= 11 is 0. The van der Waals surface area contributed by atoms with Crippen molar-refractivity contribution in [3.63, 3.8) is 0 Å². The summed E-state index contributed by atoms with van der Waals surface area (Å²) in [5.41, 5.74) is 7.05. The van der Waals surface area contributed by atoms with Gasteiger partial charge < -0.3 is 11.1 Å². The molecule has 2 aromatic rings. The van der Waals surface area contributed by atoms with Gasteiger partial charge in [0, 0.05) is 30.5 Å². The molecule has 0 amide bonds. The van der Waals surface area contributed by atoms with E-state index in [-0.39, 0.29) is 5.56 Å². The van der Waals surface area contributed by atoms with Gasteiger partial charge in [-0.1, -0.05) is 19.3 Å². The first-order chi connectivity index (χ1) is 11.2. The second-order valence-corrected chi connectivity index (χ2v) is 6.90. The van der Waals surface area contributed by atoms with Gasteiger partial charge in [0.25, 0.3) is 5.56 Å². The number of nitrogens with one attached hydrogen (secondary N) is 1. The maximum atomic E-state index is 12.3. The van der Waals surface area contributed by atoms with E-state index in [1.54, 1.807) is 10.8 Å². The highest BCUT2D eigenvalue weighted by Gasteiger charge is 2.24. The Kier molecular flexibility index (Phi) is 3.67. The summed E-state index contributed by atoms with van der Waals surface area (Å²) in [5.74, 6) is 1.21. The quantitative estimate of drug-likeness (QED) is 0.906. The van der Waals surface area contributed by atoms with E-state index in [2.05, 4.69) is 15.3 Å². The summed E-state index contributed by atoms with van der Waals surface area (Å²) in [6, 6.07) is 1.92. The van der Waals surface area contributed by atoms with Gasteiger partial charge in [-0.05, 0) is 31.6 Å². The van der Waals surface area contributed by atoms with E-state index in [0.717, 1.165) is 24.8 Å². The number of nitrogens with zero attached hydrogens (tertiary/aromatic N) is 3. The molecule has 0 saturated heterocycles. The van der Waals surface area contributed by atoms with Crippen LogP contribution in [0.5, 0.6) is 0 Å². The van der Waals surface area contributed by atoms with Crippen LogP contribution in [0.2, 0.25) is 0 Å². The fraction of sp³-hybridized carbons (Fsp3) is 0.588. The molecule has 2 aliphatic rings. The number of hydrogen-bond donors (Lipinski definition) is 2. The lowest BCUT2D eigenvalue weighted by Crippen LogP contribution is -2.25. The number of aromatic nitrogens is 3. The standard InChI is InChI=1S/C17H23N5O/c18-14-8-15(23)22(10-11-6-7-11)16-13(14)9-19-17(21-16)20-12-4-2-1-3-5-12/h8-9,11-12H,1-7,10,18H2,(H,19,20,21). The Morgan fingerprint density at radius 1 is 1.22 bits per heavy atom. The lowest BCUT2D eigenvalue weighted by Gasteiger charge is -2.23. The first kappa shape index (κ1) is 14.5. The van der Waals surface area contributed by atoms with Crippen LogP contribution in [-0.2, 0) is 6.54 Å². The van der Waals surface area contributed by atoms with Gasteiger partial charge in [0.1, 0.15) is 5.65 Å². The molecule has 4 rings (SSSR count). The van der Waals surface area contributed by atoms with E-state index in [9.17, 15) is 4.79 Å². The molecule has 2 fully saturated rings. The van der Waals surface area contributed by atoms with Crippen molar-refractivity contribution in [1.29, 1.82) is 0 Å². The second kappa shape index (κ2) is 5.83. The maximum Gasteiger partial charge on any atom is 0.254 e. The molecule has 0 aliphatic heterocycles. The Hall–Kier alpha value is -2.11. The fourth-order valence-corrected chi connectivity index (χ4v) is 3.41. The molecule has 122 valence electrons. The Bertz CT molecular complexity index is 774. The number of rotatable bonds is 4. The van der Waals surface area contributed by atoms with Crippen molar-refractivity contribution in [2.45, 2.75) is 57.5 Å². The zero-order chi connectivity index (χ0) is 15.8. The topological polar surface area (TPSA) is 85.8 Å². The SMILES string of the molecule is Nc1cc(=O)n(CC2CC2)c2nc(NC3CCCCC3)ncc12. The smallest absolute Gasteiger partial charge is 0.254 e. The van der Waals surface area contributed by atoms with Crippen LogP contribution in [0.25, 0.3) is 11.0 Å². The highest BCUT2D eigenvalue weighted by molar-refractivity contribution is 5.87. The van der Waals surface area contributed by atoms with Crippen molar-refractivity contribution in [3.8, 4) is 0 Å². The third kappa shape index (κ3) is 3.02. The number of fused-ring (bicyclic) bond motifs is 1. The van der Waals surface area contributed by atoms with Crippen molar-refractivity contribution < 1.29 is 0 Å². The van der Waals surface area contributed by atoms with Gasteiger partial charge in [0.15, 0.2) is 0 Å². The van der Waals surface area contributed by atoms with Gasteiger partial charge in [0.05, 0.1) is 5.39 Å². The molecule has 6 heteroatoms. The zero-order valence-electron chi connectivity index (χ0n) is 13.3.